The van der Waals surface area contributed by atoms with E-state index in [2.05, 4.69) is 49.8 Å². The zero-order chi connectivity index (χ0) is 24.6. The number of aromatic nitrogens is 5. The molecule has 0 saturated carbocycles. The standard InChI is InChI=1S/C26H23N7O3/c1-35-20-7-19(8-21(9-20)36-2)29-26(34)22-10-25-30-24(32-14-16-5-3-4-6-17(16)15-32)11-23(33(25)31-22)18-12-27-28-13-18/h3-13H,14-15H2,1-2H3,(H,27,28)(H,29,34). The second-order valence-corrected chi connectivity index (χ2v) is 8.47. The first-order valence-electron chi connectivity index (χ1n) is 11.4. The fourth-order valence-corrected chi connectivity index (χ4v) is 4.40. The van der Waals surface area contributed by atoms with Crippen molar-refractivity contribution in [1.29, 1.82) is 0 Å². The van der Waals surface area contributed by atoms with Gasteiger partial charge in [-0.3, -0.25) is 9.89 Å². The van der Waals surface area contributed by atoms with Crippen LogP contribution in [0, 0.1) is 0 Å². The van der Waals surface area contributed by atoms with E-state index in [1.807, 2.05) is 6.07 Å². The quantitative estimate of drug-likeness (QED) is 0.378. The Labute approximate surface area is 206 Å². The number of H-pyrrole nitrogens is 1. The normalized spacial score (nSPS) is 12.6. The molecule has 1 aliphatic heterocycles. The molecular weight excluding hydrogens is 458 g/mol. The third kappa shape index (κ3) is 3.88. The number of aromatic amines is 1. The van der Waals surface area contributed by atoms with Gasteiger partial charge in [0.1, 0.15) is 17.3 Å². The summed E-state index contributed by atoms with van der Waals surface area (Å²) in [5.74, 6) is 1.57. The van der Waals surface area contributed by atoms with Gasteiger partial charge in [0, 0.05) is 60.9 Å². The van der Waals surface area contributed by atoms with E-state index in [9.17, 15) is 4.79 Å². The second kappa shape index (κ2) is 8.73. The lowest BCUT2D eigenvalue weighted by Crippen LogP contribution is -2.17. The topological polar surface area (TPSA) is 110 Å². The number of rotatable bonds is 6. The summed E-state index contributed by atoms with van der Waals surface area (Å²) >= 11 is 0. The average molecular weight is 482 g/mol. The van der Waals surface area contributed by atoms with Crippen LogP contribution in [-0.4, -0.2) is 44.9 Å². The summed E-state index contributed by atoms with van der Waals surface area (Å²) in [5, 5.41) is 14.4. The Morgan fingerprint density at radius 3 is 2.36 bits per heavy atom. The van der Waals surface area contributed by atoms with Crippen molar-refractivity contribution in [2.75, 3.05) is 24.4 Å². The Morgan fingerprint density at radius 2 is 1.72 bits per heavy atom. The van der Waals surface area contributed by atoms with E-state index in [4.69, 9.17) is 14.5 Å². The molecule has 10 heteroatoms. The highest BCUT2D eigenvalue weighted by Crippen LogP contribution is 2.31. The zero-order valence-corrected chi connectivity index (χ0v) is 19.7. The summed E-state index contributed by atoms with van der Waals surface area (Å²) in [6.07, 6.45) is 3.52. The smallest absolute Gasteiger partial charge is 0.276 e. The van der Waals surface area contributed by atoms with Crippen molar-refractivity contribution in [3.05, 3.63) is 83.8 Å². The molecule has 6 rings (SSSR count). The van der Waals surface area contributed by atoms with E-state index in [1.54, 1.807) is 55.4 Å². The first kappa shape index (κ1) is 21.7. The first-order valence-corrected chi connectivity index (χ1v) is 11.4. The molecule has 4 heterocycles. The van der Waals surface area contributed by atoms with Crippen LogP contribution in [0.5, 0.6) is 11.5 Å². The number of carbonyl (C=O) groups excluding carboxylic acids is 1. The third-order valence-electron chi connectivity index (χ3n) is 6.21. The molecule has 1 amide bonds. The predicted octanol–water partition coefficient (Wildman–Crippen LogP) is 3.91. The Kier molecular flexibility index (Phi) is 5.25. The number of fused-ring (bicyclic) bond motifs is 2. The molecule has 5 aromatic rings. The zero-order valence-electron chi connectivity index (χ0n) is 19.7. The van der Waals surface area contributed by atoms with E-state index in [-0.39, 0.29) is 11.6 Å². The van der Waals surface area contributed by atoms with E-state index in [1.165, 1.54) is 11.1 Å². The van der Waals surface area contributed by atoms with Gasteiger partial charge in [0.05, 0.1) is 26.1 Å². The van der Waals surface area contributed by atoms with Crippen molar-refractivity contribution < 1.29 is 14.3 Å². The molecule has 2 N–H and O–H groups in total. The van der Waals surface area contributed by atoms with Gasteiger partial charge in [0.2, 0.25) is 0 Å². The van der Waals surface area contributed by atoms with Gasteiger partial charge in [-0.2, -0.15) is 10.2 Å². The third-order valence-corrected chi connectivity index (χ3v) is 6.21. The van der Waals surface area contributed by atoms with Crippen LogP contribution in [0.3, 0.4) is 0 Å². The van der Waals surface area contributed by atoms with Gasteiger partial charge in [-0.25, -0.2) is 9.50 Å². The SMILES string of the molecule is COc1cc(NC(=O)c2cc3nc(N4Cc5ccccc5C4)cc(-c4cn[nH]c4)n3n2)cc(OC)c1. The summed E-state index contributed by atoms with van der Waals surface area (Å²) in [6, 6.07) is 17.2. The van der Waals surface area contributed by atoms with Gasteiger partial charge in [0.25, 0.3) is 5.91 Å². The Balaban J connectivity index is 1.37. The largest absolute Gasteiger partial charge is 0.497 e. The van der Waals surface area contributed by atoms with Crippen LogP contribution in [0.1, 0.15) is 21.6 Å². The number of ether oxygens (including phenoxy) is 2. The van der Waals surface area contributed by atoms with Gasteiger partial charge in [-0.1, -0.05) is 24.3 Å². The van der Waals surface area contributed by atoms with Crippen LogP contribution < -0.4 is 19.7 Å². The number of nitrogens with one attached hydrogen (secondary N) is 2. The number of amides is 1. The van der Waals surface area contributed by atoms with Crippen LogP contribution in [0.15, 0.2) is 67.0 Å². The van der Waals surface area contributed by atoms with Crippen LogP contribution in [0.4, 0.5) is 11.5 Å². The van der Waals surface area contributed by atoms with Crippen LogP contribution in [0.25, 0.3) is 16.9 Å². The average Bonchev–Trinajstić information content (AvgIpc) is 3.67. The molecule has 3 aromatic heterocycles. The maximum absolute atomic E-state index is 13.1. The van der Waals surface area contributed by atoms with Crippen molar-refractivity contribution >= 4 is 23.1 Å². The van der Waals surface area contributed by atoms with Crippen molar-refractivity contribution in [3.8, 4) is 22.8 Å². The number of anilines is 2. The van der Waals surface area contributed by atoms with Crippen molar-refractivity contribution in [2.45, 2.75) is 13.1 Å². The molecular formula is C26H23N7O3. The minimum Gasteiger partial charge on any atom is -0.497 e. The van der Waals surface area contributed by atoms with Crippen LogP contribution in [0.2, 0.25) is 0 Å². The lowest BCUT2D eigenvalue weighted by molar-refractivity contribution is 0.102. The van der Waals surface area contributed by atoms with E-state index >= 15 is 0 Å². The van der Waals surface area contributed by atoms with Crippen molar-refractivity contribution in [1.82, 2.24) is 24.8 Å². The molecule has 180 valence electrons. The summed E-state index contributed by atoms with van der Waals surface area (Å²) in [4.78, 5) is 20.2. The van der Waals surface area contributed by atoms with Gasteiger partial charge in [0.15, 0.2) is 11.3 Å². The summed E-state index contributed by atoms with van der Waals surface area (Å²) < 4.78 is 12.3. The van der Waals surface area contributed by atoms with Gasteiger partial charge in [-0.05, 0) is 11.1 Å². The van der Waals surface area contributed by atoms with Crippen molar-refractivity contribution in [3.63, 3.8) is 0 Å². The summed E-state index contributed by atoms with van der Waals surface area (Å²) in [7, 11) is 3.12. The highest BCUT2D eigenvalue weighted by Gasteiger charge is 2.23. The van der Waals surface area contributed by atoms with E-state index in [0.717, 1.165) is 30.2 Å². The predicted molar refractivity (Wildman–Crippen MR) is 134 cm³/mol. The number of benzene rings is 2. The Hall–Kier alpha value is -4.86. The molecule has 0 saturated heterocycles. The molecule has 1 aliphatic rings. The first-order chi connectivity index (χ1) is 17.6. The highest BCUT2D eigenvalue weighted by molar-refractivity contribution is 6.03. The molecule has 0 radical (unpaired) electrons. The number of carbonyl (C=O) groups is 1. The Bertz CT molecular complexity index is 1530. The molecule has 0 spiro atoms. The van der Waals surface area contributed by atoms with E-state index in [0.29, 0.717) is 22.8 Å². The molecule has 0 unspecified atom stereocenters. The summed E-state index contributed by atoms with van der Waals surface area (Å²) in [6.45, 7) is 1.53. The summed E-state index contributed by atoms with van der Waals surface area (Å²) in [5.41, 5.74) is 5.52. The molecule has 0 atom stereocenters. The minimum absolute atomic E-state index is 0.232. The number of methoxy groups -OCH3 is 2. The van der Waals surface area contributed by atoms with Gasteiger partial charge < -0.3 is 19.7 Å². The number of hydrogen-bond donors (Lipinski definition) is 2. The number of nitrogens with zero attached hydrogens (tertiary/aromatic N) is 5. The molecule has 0 aliphatic carbocycles. The fourth-order valence-electron chi connectivity index (χ4n) is 4.40. The second-order valence-electron chi connectivity index (χ2n) is 8.47. The fraction of sp³-hybridized carbons (Fsp3) is 0.154. The number of hydrogen-bond acceptors (Lipinski definition) is 7. The molecule has 0 bridgehead atoms. The van der Waals surface area contributed by atoms with Crippen molar-refractivity contribution in [2.24, 2.45) is 0 Å². The monoisotopic (exact) mass is 481 g/mol. The van der Waals surface area contributed by atoms with E-state index < -0.39 is 0 Å². The molecule has 36 heavy (non-hydrogen) atoms. The highest BCUT2D eigenvalue weighted by atomic mass is 16.5. The lowest BCUT2D eigenvalue weighted by Gasteiger charge is -2.17. The molecule has 0 fully saturated rings. The van der Waals surface area contributed by atoms with Gasteiger partial charge >= 0.3 is 0 Å². The minimum atomic E-state index is -0.371. The van der Waals surface area contributed by atoms with Crippen LogP contribution in [-0.2, 0) is 13.1 Å². The van der Waals surface area contributed by atoms with Gasteiger partial charge in [-0.15, -0.1) is 0 Å². The van der Waals surface area contributed by atoms with Crippen LogP contribution >= 0.6 is 0 Å². The Morgan fingerprint density at radius 1 is 1.00 bits per heavy atom. The lowest BCUT2D eigenvalue weighted by atomic mass is 10.1. The molecule has 10 nitrogen and oxygen atoms in total. The maximum Gasteiger partial charge on any atom is 0.276 e. The maximum atomic E-state index is 13.1. The molecule has 2 aromatic carbocycles.